The molecule has 19 heavy (non-hydrogen) atoms. The molecule has 0 radical (unpaired) electrons. The lowest BCUT2D eigenvalue weighted by Gasteiger charge is -2.06. The molecule has 2 heterocycles. The molecule has 5 nitrogen and oxygen atoms in total. The average molecular weight is 294 g/mol. The molecular formula is C12H9Cl2N5. The summed E-state index contributed by atoms with van der Waals surface area (Å²) >= 11 is 11.7. The van der Waals surface area contributed by atoms with Crippen molar-refractivity contribution in [3.8, 4) is 0 Å². The minimum absolute atomic E-state index is 0.142. The molecule has 96 valence electrons. The number of nitrogens with zero attached hydrogens (tertiary/aromatic N) is 3. The zero-order valence-corrected chi connectivity index (χ0v) is 11.2. The molecule has 0 saturated heterocycles. The lowest BCUT2D eigenvalue weighted by molar-refractivity contribution is 1.10. The van der Waals surface area contributed by atoms with Gasteiger partial charge in [0.2, 0.25) is 10.6 Å². The Balaban J connectivity index is 1.92. The number of halogens is 2. The first-order chi connectivity index (χ1) is 9.22. The minimum atomic E-state index is 0.142. The Labute approximate surface area is 119 Å². The van der Waals surface area contributed by atoms with E-state index in [1.165, 1.54) is 0 Å². The molecule has 7 heteroatoms. The van der Waals surface area contributed by atoms with Crippen LogP contribution in [0.4, 0.5) is 5.82 Å². The minimum Gasteiger partial charge on any atom is -0.364 e. The van der Waals surface area contributed by atoms with E-state index in [1.54, 1.807) is 0 Å². The van der Waals surface area contributed by atoms with Crippen molar-refractivity contribution in [3.63, 3.8) is 0 Å². The summed E-state index contributed by atoms with van der Waals surface area (Å²) in [5.74, 6) is 0.557. The molecule has 0 amide bonds. The molecule has 1 aromatic carbocycles. The molecule has 0 aliphatic rings. The monoisotopic (exact) mass is 293 g/mol. The Hall–Kier alpha value is -1.85. The number of benzene rings is 1. The van der Waals surface area contributed by atoms with Gasteiger partial charge in [-0.15, -0.1) is 0 Å². The van der Waals surface area contributed by atoms with E-state index in [-0.39, 0.29) is 10.6 Å². The van der Waals surface area contributed by atoms with Crippen LogP contribution in [0.25, 0.3) is 11.2 Å². The number of anilines is 1. The van der Waals surface area contributed by atoms with Crippen LogP contribution in [-0.2, 0) is 6.54 Å². The van der Waals surface area contributed by atoms with Crippen LogP contribution in [0.15, 0.2) is 30.3 Å². The van der Waals surface area contributed by atoms with Crippen molar-refractivity contribution in [2.45, 2.75) is 6.54 Å². The lowest BCUT2D eigenvalue weighted by atomic mass is 10.2. The van der Waals surface area contributed by atoms with Gasteiger partial charge in [-0.05, 0) is 28.8 Å². The van der Waals surface area contributed by atoms with Crippen LogP contribution in [0.3, 0.4) is 0 Å². The predicted octanol–water partition coefficient (Wildman–Crippen LogP) is 3.27. The van der Waals surface area contributed by atoms with Crippen LogP contribution in [0, 0.1) is 0 Å². The highest BCUT2D eigenvalue weighted by molar-refractivity contribution is 6.30. The van der Waals surface area contributed by atoms with E-state index in [0.29, 0.717) is 23.5 Å². The molecule has 0 bridgehead atoms. The van der Waals surface area contributed by atoms with Crippen molar-refractivity contribution in [1.29, 1.82) is 0 Å². The van der Waals surface area contributed by atoms with E-state index < -0.39 is 0 Å². The Morgan fingerprint density at radius 1 is 1.05 bits per heavy atom. The van der Waals surface area contributed by atoms with Crippen molar-refractivity contribution < 1.29 is 0 Å². The molecular weight excluding hydrogens is 285 g/mol. The predicted molar refractivity (Wildman–Crippen MR) is 75.5 cm³/mol. The summed E-state index contributed by atoms with van der Waals surface area (Å²) in [5.41, 5.74) is 2.22. The fraction of sp³-hybridized carbons (Fsp3) is 0.0833. The number of nitrogens with one attached hydrogen (secondary N) is 2. The fourth-order valence-electron chi connectivity index (χ4n) is 1.75. The number of imidazole rings is 1. The van der Waals surface area contributed by atoms with Crippen LogP contribution in [-0.4, -0.2) is 19.9 Å². The first-order valence-electron chi connectivity index (χ1n) is 5.59. The summed E-state index contributed by atoms with van der Waals surface area (Å²) in [7, 11) is 0. The maximum absolute atomic E-state index is 5.86. The average Bonchev–Trinajstić information content (AvgIpc) is 2.77. The van der Waals surface area contributed by atoms with Gasteiger partial charge in [0.05, 0.1) is 0 Å². The van der Waals surface area contributed by atoms with E-state index in [2.05, 4.69) is 25.3 Å². The standard InChI is InChI=1S/C12H9Cl2N5/c13-11-16-8-9(17-12(14)19-10(8)18-11)15-6-7-4-2-1-3-5-7/h1-5H,6H2,(H2,15,16,17,18,19). The molecule has 0 aliphatic heterocycles. The third kappa shape index (κ3) is 2.62. The number of H-pyrrole nitrogens is 1. The molecule has 0 aliphatic carbocycles. The maximum Gasteiger partial charge on any atom is 0.226 e. The first kappa shape index (κ1) is 12.2. The zero-order chi connectivity index (χ0) is 13.2. The van der Waals surface area contributed by atoms with E-state index in [9.17, 15) is 0 Å². The van der Waals surface area contributed by atoms with E-state index in [4.69, 9.17) is 23.2 Å². The van der Waals surface area contributed by atoms with Crippen LogP contribution in [0.2, 0.25) is 10.6 Å². The van der Waals surface area contributed by atoms with Gasteiger partial charge in [0, 0.05) is 6.54 Å². The fourth-order valence-corrected chi connectivity index (χ4v) is 2.09. The maximum atomic E-state index is 5.86. The third-order valence-electron chi connectivity index (χ3n) is 2.59. The van der Waals surface area contributed by atoms with Crippen LogP contribution in [0.5, 0.6) is 0 Å². The Morgan fingerprint density at radius 2 is 1.84 bits per heavy atom. The molecule has 0 atom stereocenters. The summed E-state index contributed by atoms with van der Waals surface area (Å²) in [5, 5.41) is 3.58. The highest BCUT2D eigenvalue weighted by atomic mass is 35.5. The van der Waals surface area contributed by atoms with Gasteiger partial charge < -0.3 is 10.3 Å². The molecule has 2 aromatic heterocycles. The number of rotatable bonds is 3. The van der Waals surface area contributed by atoms with Crippen molar-refractivity contribution in [2.75, 3.05) is 5.32 Å². The molecule has 0 saturated carbocycles. The zero-order valence-electron chi connectivity index (χ0n) is 9.69. The Kier molecular flexibility index (Phi) is 3.23. The van der Waals surface area contributed by atoms with Crippen molar-refractivity contribution >= 4 is 40.2 Å². The number of aromatic nitrogens is 4. The number of fused-ring (bicyclic) bond motifs is 1. The third-order valence-corrected chi connectivity index (χ3v) is 2.94. The van der Waals surface area contributed by atoms with Gasteiger partial charge in [0.15, 0.2) is 17.0 Å². The second-order valence-corrected chi connectivity index (χ2v) is 4.60. The highest BCUT2D eigenvalue weighted by Crippen LogP contribution is 2.22. The number of hydrogen-bond acceptors (Lipinski definition) is 4. The Morgan fingerprint density at radius 3 is 2.63 bits per heavy atom. The van der Waals surface area contributed by atoms with Crippen molar-refractivity contribution in [3.05, 3.63) is 46.5 Å². The molecule has 0 unspecified atom stereocenters. The van der Waals surface area contributed by atoms with E-state index in [0.717, 1.165) is 5.56 Å². The van der Waals surface area contributed by atoms with Crippen LogP contribution < -0.4 is 5.32 Å². The van der Waals surface area contributed by atoms with Crippen LogP contribution in [0.1, 0.15) is 5.56 Å². The normalized spacial score (nSPS) is 10.8. The highest BCUT2D eigenvalue weighted by Gasteiger charge is 2.11. The van der Waals surface area contributed by atoms with E-state index >= 15 is 0 Å². The quantitative estimate of drug-likeness (QED) is 0.574. The molecule has 0 spiro atoms. The van der Waals surface area contributed by atoms with Gasteiger partial charge >= 0.3 is 0 Å². The first-order valence-corrected chi connectivity index (χ1v) is 6.34. The second kappa shape index (κ2) is 5.03. The summed E-state index contributed by atoms with van der Waals surface area (Å²) in [6.07, 6.45) is 0. The molecule has 3 rings (SSSR count). The summed E-state index contributed by atoms with van der Waals surface area (Å²) in [4.78, 5) is 15.1. The summed E-state index contributed by atoms with van der Waals surface area (Å²) < 4.78 is 0. The summed E-state index contributed by atoms with van der Waals surface area (Å²) in [6.45, 7) is 0.619. The van der Waals surface area contributed by atoms with Crippen LogP contribution >= 0.6 is 23.2 Å². The van der Waals surface area contributed by atoms with Gasteiger partial charge in [-0.3, -0.25) is 0 Å². The van der Waals surface area contributed by atoms with Gasteiger partial charge in [-0.2, -0.15) is 9.97 Å². The molecule has 0 fully saturated rings. The van der Waals surface area contributed by atoms with Crippen molar-refractivity contribution in [1.82, 2.24) is 19.9 Å². The van der Waals surface area contributed by atoms with Gasteiger partial charge in [-0.1, -0.05) is 30.3 Å². The summed E-state index contributed by atoms with van der Waals surface area (Å²) in [6, 6.07) is 9.96. The molecule has 3 aromatic rings. The van der Waals surface area contributed by atoms with Crippen molar-refractivity contribution in [2.24, 2.45) is 0 Å². The van der Waals surface area contributed by atoms with E-state index in [1.807, 2.05) is 30.3 Å². The SMILES string of the molecule is Clc1nc(NCc2ccccc2)c2nc(Cl)[nH]c2n1. The number of hydrogen-bond donors (Lipinski definition) is 2. The molecule has 2 N–H and O–H groups in total. The van der Waals surface area contributed by atoms with Gasteiger partial charge in [-0.25, -0.2) is 4.98 Å². The Bertz CT molecular complexity index is 711. The largest absolute Gasteiger partial charge is 0.364 e. The number of aromatic amines is 1. The second-order valence-electron chi connectivity index (χ2n) is 3.91. The van der Waals surface area contributed by atoms with Gasteiger partial charge in [0.25, 0.3) is 0 Å². The van der Waals surface area contributed by atoms with Gasteiger partial charge in [0.1, 0.15) is 0 Å². The lowest BCUT2D eigenvalue weighted by Crippen LogP contribution is -2.03. The smallest absolute Gasteiger partial charge is 0.226 e. The topological polar surface area (TPSA) is 66.5 Å².